The fourth-order valence-electron chi connectivity index (χ4n) is 10.2. The molecular weight excluding hydrogens is 981 g/mol. The van der Waals surface area contributed by atoms with Gasteiger partial charge in [0.2, 0.25) is 23.6 Å². The number of aliphatic hydroxyl groups excluding tert-OH is 2. The zero-order chi connectivity index (χ0) is 53.6. The van der Waals surface area contributed by atoms with Crippen molar-refractivity contribution in [3.63, 3.8) is 0 Å². The van der Waals surface area contributed by atoms with Crippen LogP contribution in [-0.4, -0.2) is 92.9 Å². The molecular formula is C54H66F8N6O6. The van der Waals surface area contributed by atoms with Crippen LogP contribution in [0.4, 0.5) is 35.1 Å². The van der Waals surface area contributed by atoms with Crippen LogP contribution in [0.25, 0.3) is 0 Å². The van der Waals surface area contributed by atoms with E-state index in [9.17, 15) is 54.9 Å². The van der Waals surface area contributed by atoms with Crippen molar-refractivity contribution in [3.05, 3.63) is 118 Å². The standard InChI is InChI=1S/2C27H33F4N3O3/c2*1-16(27(29,30)31)9-19-11-21-23(13-26(7-4-8-26)37-25(21)33-14-19)32-15-24(36)22(34-17(2)35)12-18-5-3-6-20(28)10-18/h2*3,5-6,10-11,14,16,22-24,32,36H,4,7-9,12-13,15H2,1-2H3,(H,34,35)/t16-,22+,23+,24-;16-,22-,23-,24+/m10/s1. The lowest BCUT2D eigenvalue weighted by Gasteiger charge is -2.47. The van der Waals surface area contributed by atoms with Crippen molar-refractivity contribution < 1.29 is 64.4 Å². The van der Waals surface area contributed by atoms with Crippen LogP contribution >= 0.6 is 0 Å². The second-order valence-corrected chi connectivity index (χ2v) is 20.8. The maximum absolute atomic E-state index is 13.7. The summed E-state index contributed by atoms with van der Waals surface area (Å²) >= 11 is 0. The topological polar surface area (TPSA) is 167 Å². The van der Waals surface area contributed by atoms with Gasteiger partial charge in [0, 0.05) is 75.4 Å². The van der Waals surface area contributed by atoms with Gasteiger partial charge in [0.15, 0.2) is 0 Å². The molecule has 0 unspecified atom stereocenters. The van der Waals surface area contributed by atoms with E-state index in [1.807, 2.05) is 0 Å². The predicted molar refractivity (Wildman–Crippen MR) is 259 cm³/mol. The molecule has 2 spiro atoms. The summed E-state index contributed by atoms with van der Waals surface area (Å²) in [5, 5.41) is 34.2. The van der Waals surface area contributed by atoms with Gasteiger partial charge in [-0.3, -0.25) is 9.59 Å². The number of benzene rings is 2. The van der Waals surface area contributed by atoms with E-state index in [0.29, 0.717) is 58.0 Å². The Morgan fingerprint density at radius 3 is 1.31 bits per heavy atom. The van der Waals surface area contributed by atoms with Crippen LogP contribution in [0.15, 0.2) is 73.1 Å². The van der Waals surface area contributed by atoms with Crippen LogP contribution < -0.4 is 30.7 Å². The highest BCUT2D eigenvalue weighted by molar-refractivity contribution is 5.73. The van der Waals surface area contributed by atoms with Crippen LogP contribution in [0.5, 0.6) is 11.8 Å². The number of carbonyl (C=O) groups excluding carboxylic acids is 2. The third-order valence-electron chi connectivity index (χ3n) is 14.7. The quantitative estimate of drug-likeness (QED) is 0.0531. The van der Waals surface area contributed by atoms with Crippen molar-refractivity contribution in [2.75, 3.05) is 13.1 Å². The van der Waals surface area contributed by atoms with Gasteiger partial charge in [0.05, 0.1) is 36.1 Å². The van der Waals surface area contributed by atoms with E-state index in [1.165, 1.54) is 50.5 Å². The minimum atomic E-state index is -4.30. The van der Waals surface area contributed by atoms with Gasteiger partial charge in [-0.1, -0.05) is 38.1 Å². The summed E-state index contributed by atoms with van der Waals surface area (Å²) < 4.78 is 118. The highest BCUT2D eigenvalue weighted by Crippen LogP contribution is 2.50. The van der Waals surface area contributed by atoms with Crippen molar-refractivity contribution in [2.45, 2.75) is 165 Å². The number of halogens is 8. The van der Waals surface area contributed by atoms with Crippen LogP contribution in [0, 0.1) is 23.5 Å². The number of nitrogens with zero attached hydrogens (tertiary/aromatic N) is 2. The Morgan fingerprint density at radius 1 is 0.622 bits per heavy atom. The molecule has 20 heteroatoms. The molecule has 8 rings (SSSR count). The third-order valence-corrected chi connectivity index (χ3v) is 14.7. The smallest absolute Gasteiger partial charge is 0.391 e. The lowest BCUT2D eigenvalue weighted by atomic mass is 9.73. The number of aromatic nitrogens is 2. The molecule has 2 aromatic heterocycles. The Morgan fingerprint density at radius 2 is 1.00 bits per heavy atom. The van der Waals surface area contributed by atoms with Crippen molar-refractivity contribution in [1.29, 1.82) is 0 Å². The van der Waals surface area contributed by atoms with E-state index in [2.05, 4.69) is 31.2 Å². The molecule has 2 saturated carbocycles. The first kappa shape index (κ1) is 56.3. The van der Waals surface area contributed by atoms with Crippen molar-refractivity contribution >= 4 is 11.8 Å². The Balaban J connectivity index is 0.000000216. The van der Waals surface area contributed by atoms with E-state index in [-0.39, 0.29) is 73.9 Å². The second-order valence-electron chi connectivity index (χ2n) is 20.8. The van der Waals surface area contributed by atoms with Crippen LogP contribution in [0.1, 0.15) is 125 Å². The number of carbonyl (C=O) groups is 2. The van der Waals surface area contributed by atoms with Crippen molar-refractivity contribution in [3.8, 4) is 11.8 Å². The largest absolute Gasteiger partial charge is 0.471 e. The molecule has 4 heterocycles. The van der Waals surface area contributed by atoms with Gasteiger partial charge in [-0.2, -0.15) is 26.3 Å². The van der Waals surface area contributed by atoms with Crippen molar-refractivity contribution in [1.82, 2.24) is 31.2 Å². The van der Waals surface area contributed by atoms with Crippen molar-refractivity contribution in [2.24, 2.45) is 11.8 Å². The predicted octanol–water partition coefficient (Wildman–Crippen LogP) is 8.81. The molecule has 2 aromatic carbocycles. The number of aliphatic hydroxyl groups is 2. The first-order chi connectivity index (χ1) is 34.9. The molecule has 74 heavy (non-hydrogen) atoms. The van der Waals surface area contributed by atoms with E-state index in [0.717, 1.165) is 52.4 Å². The Hall–Kier alpha value is -5.44. The summed E-state index contributed by atoms with van der Waals surface area (Å²) in [6.07, 6.45) is -0.985. The highest BCUT2D eigenvalue weighted by atomic mass is 19.4. The fraction of sp³-hybridized carbons (Fsp3) is 0.556. The molecule has 2 aliphatic carbocycles. The first-order valence-corrected chi connectivity index (χ1v) is 25.2. The number of alkyl halides is 6. The van der Waals surface area contributed by atoms with E-state index in [4.69, 9.17) is 9.47 Å². The van der Waals surface area contributed by atoms with E-state index >= 15 is 0 Å². The normalized spacial score (nSPS) is 20.8. The molecule has 0 radical (unpaired) electrons. The third kappa shape index (κ3) is 14.9. The molecule has 2 aliphatic heterocycles. The lowest BCUT2D eigenvalue weighted by molar-refractivity contribution is -0.169. The van der Waals surface area contributed by atoms with Crippen LogP contribution in [0.3, 0.4) is 0 Å². The highest BCUT2D eigenvalue weighted by Gasteiger charge is 2.48. The number of hydrogen-bond donors (Lipinski definition) is 6. The summed E-state index contributed by atoms with van der Waals surface area (Å²) in [6.45, 7) is 5.19. The van der Waals surface area contributed by atoms with Gasteiger partial charge in [0.25, 0.3) is 0 Å². The Kier molecular flexibility index (Phi) is 18.0. The number of nitrogens with one attached hydrogen (secondary N) is 4. The first-order valence-electron chi connectivity index (χ1n) is 25.2. The molecule has 12 nitrogen and oxygen atoms in total. The Labute approximate surface area is 425 Å². The number of hydrogen-bond acceptors (Lipinski definition) is 10. The summed E-state index contributed by atoms with van der Waals surface area (Å²) in [5.41, 5.74) is 2.78. The maximum atomic E-state index is 13.7. The summed E-state index contributed by atoms with van der Waals surface area (Å²) in [5.74, 6) is -3.66. The molecule has 4 aromatic rings. The van der Waals surface area contributed by atoms with Gasteiger partial charge in [-0.25, -0.2) is 18.7 Å². The minimum absolute atomic E-state index is 0.101. The molecule has 2 fully saturated rings. The number of fused-ring (bicyclic) bond motifs is 2. The summed E-state index contributed by atoms with van der Waals surface area (Å²) in [6, 6.07) is 13.5. The van der Waals surface area contributed by atoms with E-state index in [1.54, 1.807) is 36.4 Å². The second kappa shape index (κ2) is 23.6. The van der Waals surface area contributed by atoms with Crippen LogP contribution in [0.2, 0.25) is 0 Å². The van der Waals surface area contributed by atoms with Gasteiger partial charge in [-0.05, 0) is 123 Å². The summed E-state index contributed by atoms with van der Waals surface area (Å²) in [7, 11) is 0. The number of rotatable bonds is 18. The van der Waals surface area contributed by atoms with Gasteiger partial charge in [-0.15, -0.1) is 0 Å². The minimum Gasteiger partial charge on any atom is -0.471 e. The van der Waals surface area contributed by atoms with Crippen LogP contribution in [-0.2, 0) is 35.3 Å². The van der Waals surface area contributed by atoms with Gasteiger partial charge in [0.1, 0.15) is 22.8 Å². The maximum Gasteiger partial charge on any atom is 0.391 e. The van der Waals surface area contributed by atoms with E-state index < -0.39 is 60.1 Å². The molecule has 2 amide bonds. The SMILES string of the molecule is CC(=O)N[C@@H](Cc1cccc(F)c1)[C@H](O)CN[C@H]1CC2(CCC2)Oc2ncc(C[C@@H](C)C(F)(F)F)cc21.CC(=O)N[C@@H](Cc1cccc(F)c1)[C@H](O)CN[C@H]1CC2(CCC2)Oc2ncc(C[C@H](C)C(F)(F)F)cc21. The summed E-state index contributed by atoms with van der Waals surface area (Å²) in [4.78, 5) is 32.3. The molecule has 0 saturated heterocycles. The number of pyridine rings is 2. The average molecular weight is 1050 g/mol. The number of amides is 2. The number of ether oxygens (including phenoxy) is 2. The molecule has 0 bridgehead atoms. The average Bonchev–Trinajstić information content (AvgIpc) is 3.30. The monoisotopic (exact) mass is 1050 g/mol. The van der Waals surface area contributed by atoms with Gasteiger partial charge >= 0.3 is 12.4 Å². The molecule has 404 valence electrons. The molecule has 8 atom stereocenters. The van der Waals surface area contributed by atoms with Gasteiger partial charge < -0.3 is 41.0 Å². The fourth-order valence-corrected chi connectivity index (χ4v) is 10.2. The molecule has 4 aliphatic rings. The zero-order valence-corrected chi connectivity index (χ0v) is 41.9. The zero-order valence-electron chi connectivity index (χ0n) is 41.9. The lowest BCUT2D eigenvalue weighted by Crippen LogP contribution is -2.52. The molecule has 6 N–H and O–H groups in total. The Bertz CT molecular complexity index is 2390.